The van der Waals surface area contributed by atoms with Crippen molar-refractivity contribution in [2.24, 2.45) is 5.41 Å². The molecule has 8 heteroatoms. The summed E-state index contributed by atoms with van der Waals surface area (Å²) in [5, 5.41) is 7.51. The van der Waals surface area contributed by atoms with Crippen molar-refractivity contribution in [3.8, 4) is 17.2 Å². The Kier molecular flexibility index (Phi) is 6.35. The van der Waals surface area contributed by atoms with E-state index < -0.39 is 17.8 Å². The Balaban J connectivity index is 1.59. The van der Waals surface area contributed by atoms with E-state index in [0.717, 1.165) is 16.8 Å². The molecule has 170 valence electrons. The van der Waals surface area contributed by atoms with Crippen LogP contribution in [0.25, 0.3) is 11.5 Å². The number of nitrogen functional groups attached to an aromatic ring is 1. The second kappa shape index (κ2) is 9.36. The van der Waals surface area contributed by atoms with Crippen LogP contribution in [0.3, 0.4) is 0 Å². The van der Waals surface area contributed by atoms with Crippen molar-refractivity contribution in [1.82, 2.24) is 15.2 Å². The lowest BCUT2D eigenvalue weighted by molar-refractivity contribution is 0.00874. The highest BCUT2D eigenvalue weighted by molar-refractivity contribution is 5.54. The van der Waals surface area contributed by atoms with Gasteiger partial charge >= 0.3 is 6.01 Å². The number of alkyl halides is 2. The standard InChI is InChI=1S/C25H24F2N4O2/c1-25(2,23(26)27)21(16-6-8-18(9-7-16)22-30-31-24(28)33-22)17-10-12-20(13-11-17)32-15-19-5-3-4-14-29-19/h3-14,21,23H,15H2,1-2H3,(H2,28,31). The van der Waals surface area contributed by atoms with Gasteiger partial charge in [0.1, 0.15) is 12.4 Å². The third kappa shape index (κ3) is 5.00. The predicted octanol–water partition coefficient (Wildman–Crippen LogP) is 5.72. The molecule has 33 heavy (non-hydrogen) atoms. The molecule has 4 rings (SSSR count). The van der Waals surface area contributed by atoms with Crippen LogP contribution >= 0.6 is 0 Å². The van der Waals surface area contributed by atoms with Crippen molar-refractivity contribution in [3.63, 3.8) is 0 Å². The Morgan fingerprint density at radius 2 is 1.61 bits per heavy atom. The van der Waals surface area contributed by atoms with Crippen molar-refractivity contribution in [2.75, 3.05) is 5.73 Å². The van der Waals surface area contributed by atoms with Gasteiger partial charge in [0.25, 0.3) is 0 Å². The van der Waals surface area contributed by atoms with Gasteiger partial charge in [0.2, 0.25) is 12.3 Å². The Labute approximate surface area is 190 Å². The number of ether oxygens (including phenoxy) is 1. The lowest BCUT2D eigenvalue weighted by Gasteiger charge is -2.34. The number of hydrogen-bond donors (Lipinski definition) is 1. The van der Waals surface area contributed by atoms with Crippen molar-refractivity contribution >= 4 is 6.01 Å². The zero-order valence-electron chi connectivity index (χ0n) is 18.3. The van der Waals surface area contributed by atoms with Gasteiger partial charge in [0, 0.05) is 23.1 Å². The minimum atomic E-state index is -2.53. The van der Waals surface area contributed by atoms with E-state index in [9.17, 15) is 8.78 Å². The first-order valence-electron chi connectivity index (χ1n) is 10.4. The zero-order chi connectivity index (χ0) is 23.4. The maximum Gasteiger partial charge on any atom is 0.313 e. The first-order chi connectivity index (χ1) is 15.8. The summed E-state index contributed by atoms with van der Waals surface area (Å²) in [4.78, 5) is 4.23. The highest BCUT2D eigenvalue weighted by Crippen LogP contribution is 2.45. The molecule has 0 radical (unpaired) electrons. The van der Waals surface area contributed by atoms with Gasteiger partial charge < -0.3 is 14.9 Å². The average Bonchev–Trinajstić information content (AvgIpc) is 3.26. The maximum atomic E-state index is 14.1. The van der Waals surface area contributed by atoms with Gasteiger partial charge in [-0.25, -0.2) is 8.78 Å². The molecule has 2 aromatic heterocycles. The van der Waals surface area contributed by atoms with Crippen LogP contribution in [0.15, 0.2) is 77.3 Å². The highest BCUT2D eigenvalue weighted by atomic mass is 19.3. The summed E-state index contributed by atoms with van der Waals surface area (Å²) in [6, 6.07) is 20.0. The fourth-order valence-electron chi connectivity index (χ4n) is 3.74. The molecule has 2 N–H and O–H groups in total. The van der Waals surface area contributed by atoms with E-state index in [1.165, 1.54) is 0 Å². The second-order valence-corrected chi connectivity index (χ2v) is 8.30. The molecule has 6 nitrogen and oxygen atoms in total. The largest absolute Gasteiger partial charge is 0.487 e. The Morgan fingerprint density at radius 1 is 0.939 bits per heavy atom. The molecule has 0 bridgehead atoms. The van der Waals surface area contributed by atoms with Crippen molar-refractivity contribution in [2.45, 2.75) is 32.8 Å². The maximum absolute atomic E-state index is 14.1. The van der Waals surface area contributed by atoms with E-state index in [-0.39, 0.29) is 11.9 Å². The molecule has 1 atom stereocenters. The number of nitrogens with two attached hydrogens (primary N) is 1. The summed E-state index contributed by atoms with van der Waals surface area (Å²) >= 11 is 0. The summed E-state index contributed by atoms with van der Waals surface area (Å²) in [6.07, 6.45) is -0.824. The predicted molar refractivity (Wildman–Crippen MR) is 121 cm³/mol. The van der Waals surface area contributed by atoms with Gasteiger partial charge in [-0.05, 0) is 47.5 Å². The summed E-state index contributed by atoms with van der Waals surface area (Å²) in [6.45, 7) is 3.47. The van der Waals surface area contributed by atoms with Crippen LogP contribution in [0.5, 0.6) is 5.75 Å². The number of rotatable bonds is 8. The van der Waals surface area contributed by atoms with Gasteiger partial charge in [0.15, 0.2) is 0 Å². The lowest BCUT2D eigenvalue weighted by atomic mass is 9.71. The number of nitrogens with zero attached hydrogens (tertiary/aromatic N) is 3. The molecule has 0 fully saturated rings. The van der Waals surface area contributed by atoms with E-state index in [2.05, 4.69) is 15.2 Å². The first-order valence-corrected chi connectivity index (χ1v) is 10.4. The Morgan fingerprint density at radius 3 is 2.15 bits per heavy atom. The molecule has 0 saturated heterocycles. The SMILES string of the molecule is CC(C)(C(F)F)C(c1ccc(OCc2ccccn2)cc1)c1ccc(-c2nnc(N)o2)cc1. The van der Waals surface area contributed by atoms with Crippen LogP contribution < -0.4 is 10.5 Å². The van der Waals surface area contributed by atoms with Crippen molar-refractivity contribution < 1.29 is 17.9 Å². The Bertz CT molecular complexity index is 1180. The molecule has 0 aliphatic heterocycles. The number of anilines is 1. The van der Waals surface area contributed by atoms with Crippen molar-refractivity contribution in [3.05, 3.63) is 89.7 Å². The van der Waals surface area contributed by atoms with Crippen LogP contribution in [0.4, 0.5) is 14.8 Å². The summed E-state index contributed by atoms with van der Waals surface area (Å²) in [7, 11) is 0. The van der Waals surface area contributed by atoms with Crippen LogP contribution in [0.1, 0.15) is 36.6 Å². The third-order valence-electron chi connectivity index (χ3n) is 5.56. The minimum Gasteiger partial charge on any atom is -0.487 e. The molecule has 0 spiro atoms. The number of halogens is 2. The van der Waals surface area contributed by atoms with Crippen LogP contribution in [0.2, 0.25) is 0 Å². The fourth-order valence-corrected chi connectivity index (χ4v) is 3.74. The van der Waals surface area contributed by atoms with E-state index in [1.807, 2.05) is 30.3 Å². The quantitative estimate of drug-likeness (QED) is 0.370. The molecule has 0 aliphatic carbocycles. The lowest BCUT2D eigenvalue weighted by Crippen LogP contribution is -2.30. The van der Waals surface area contributed by atoms with Crippen molar-refractivity contribution in [1.29, 1.82) is 0 Å². The molecule has 2 heterocycles. The summed E-state index contributed by atoms with van der Waals surface area (Å²) in [5.41, 5.74) is 7.16. The van der Waals surface area contributed by atoms with E-state index in [1.54, 1.807) is 56.4 Å². The minimum absolute atomic E-state index is 0.0314. The van der Waals surface area contributed by atoms with Gasteiger partial charge in [0.05, 0.1) is 5.69 Å². The van der Waals surface area contributed by atoms with Crippen LogP contribution in [0, 0.1) is 5.41 Å². The number of pyridine rings is 1. The zero-order valence-corrected chi connectivity index (χ0v) is 18.3. The van der Waals surface area contributed by atoms with Crippen LogP contribution in [-0.2, 0) is 6.61 Å². The number of aromatic nitrogens is 3. The molecule has 2 aromatic carbocycles. The van der Waals surface area contributed by atoms with E-state index >= 15 is 0 Å². The molecular weight excluding hydrogens is 426 g/mol. The van der Waals surface area contributed by atoms with Gasteiger partial charge in [-0.2, -0.15) is 0 Å². The molecule has 0 saturated carbocycles. The van der Waals surface area contributed by atoms with Gasteiger partial charge in [-0.1, -0.05) is 49.3 Å². The Hall–Kier alpha value is -3.81. The smallest absolute Gasteiger partial charge is 0.313 e. The molecule has 0 aliphatic rings. The summed E-state index contributed by atoms with van der Waals surface area (Å²) in [5.74, 6) is 0.365. The molecule has 1 unspecified atom stereocenters. The average molecular weight is 450 g/mol. The fraction of sp³-hybridized carbons (Fsp3) is 0.240. The molecular formula is C25H24F2N4O2. The summed E-state index contributed by atoms with van der Waals surface area (Å²) < 4.78 is 39.2. The number of benzene rings is 2. The first kappa shape index (κ1) is 22.4. The van der Waals surface area contributed by atoms with E-state index in [0.29, 0.717) is 17.9 Å². The van der Waals surface area contributed by atoms with Gasteiger partial charge in [-0.15, -0.1) is 5.10 Å². The van der Waals surface area contributed by atoms with Crippen LogP contribution in [-0.4, -0.2) is 21.6 Å². The normalized spacial score (nSPS) is 12.6. The third-order valence-corrected chi connectivity index (χ3v) is 5.56. The van der Waals surface area contributed by atoms with Gasteiger partial charge in [-0.3, -0.25) is 4.98 Å². The number of hydrogen-bond acceptors (Lipinski definition) is 6. The monoisotopic (exact) mass is 450 g/mol. The van der Waals surface area contributed by atoms with E-state index in [4.69, 9.17) is 14.9 Å². The molecule has 0 amide bonds. The molecule has 4 aromatic rings. The highest BCUT2D eigenvalue weighted by Gasteiger charge is 2.40. The topological polar surface area (TPSA) is 87.1 Å². The second-order valence-electron chi connectivity index (χ2n) is 8.30.